The molecule has 1 aromatic heterocycles. The van der Waals surface area contributed by atoms with Gasteiger partial charge in [0.1, 0.15) is 24.0 Å². The fraction of sp³-hybridized carbons (Fsp3) is 0.150. The van der Waals surface area contributed by atoms with Crippen LogP contribution in [0.5, 0.6) is 5.75 Å². The lowest BCUT2D eigenvalue weighted by Gasteiger charge is -2.14. The van der Waals surface area contributed by atoms with Gasteiger partial charge in [-0.25, -0.2) is 4.79 Å². The monoisotopic (exact) mass is 338 g/mol. The summed E-state index contributed by atoms with van der Waals surface area (Å²) in [5.41, 5.74) is 2.57. The second kappa shape index (κ2) is 7.57. The standard InChI is InChI=1S/C20H18O5/c1-14(23-12-10-19(21)22)16-7-8-18(17-9-11-24-20(16)17)25-13-15-5-3-2-4-6-15/h2-12,14H,13H2,1H3,(H,21,22)/b12-10+. The summed E-state index contributed by atoms with van der Waals surface area (Å²) in [6, 6.07) is 15.5. The van der Waals surface area contributed by atoms with E-state index in [9.17, 15) is 4.79 Å². The lowest BCUT2D eigenvalue weighted by molar-refractivity contribution is -0.131. The van der Waals surface area contributed by atoms with Gasteiger partial charge in [-0.1, -0.05) is 30.3 Å². The average Bonchev–Trinajstić information content (AvgIpc) is 3.10. The number of benzene rings is 2. The molecule has 0 radical (unpaired) electrons. The molecule has 0 amide bonds. The predicted octanol–water partition coefficient (Wildman–Crippen LogP) is 4.69. The Labute approximate surface area is 145 Å². The zero-order valence-electron chi connectivity index (χ0n) is 13.7. The smallest absolute Gasteiger partial charge is 0.331 e. The topological polar surface area (TPSA) is 68.9 Å². The summed E-state index contributed by atoms with van der Waals surface area (Å²) in [5, 5.41) is 9.48. The van der Waals surface area contributed by atoms with E-state index in [4.69, 9.17) is 19.0 Å². The summed E-state index contributed by atoms with van der Waals surface area (Å²) in [6.07, 6.45) is 3.37. The molecule has 0 fully saturated rings. The third-order valence-corrected chi connectivity index (χ3v) is 3.78. The molecule has 0 aliphatic rings. The quantitative estimate of drug-likeness (QED) is 0.500. The van der Waals surface area contributed by atoms with E-state index in [1.807, 2.05) is 55.5 Å². The van der Waals surface area contributed by atoms with Crippen molar-refractivity contribution >= 4 is 16.9 Å². The molecule has 128 valence electrons. The van der Waals surface area contributed by atoms with Crippen molar-refractivity contribution in [3.63, 3.8) is 0 Å². The van der Waals surface area contributed by atoms with Crippen LogP contribution in [-0.4, -0.2) is 11.1 Å². The third-order valence-electron chi connectivity index (χ3n) is 3.78. The van der Waals surface area contributed by atoms with E-state index in [2.05, 4.69) is 0 Å². The van der Waals surface area contributed by atoms with E-state index in [-0.39, 0.29) is 6.10 Å². The van der Waals surface area contributed by atoms with Gasteiger partial charge in [-0.3, -0.25) is 0 Å². The van der Waals surface area contributed by atoms with E-state index in [1.165, 1.54) is 6.26 Å². The van der Waals surface area contributed by atoms with Crippen molar-refractivity contribution in [3.8, 4) is 5.75 Å². The van der Waals surface area contributed by atoms with Crippen LogP contribution in [-0.2, 0) is 16.1 Å². The second-order valence-corrected chi connectivity index (χ2v) is 5.51. The molecule has 25 heavy (non-hydrogen) atoms. The molecule has 0 saturated heterocycles. The largest absolute Gasteiger partial charge is 0.493 e. The molecule has 3 rings (SSSR count). The molecule has 1 N–H and O–H groups in total. The summed E-state index contributed by atoms with van der Waals surface area (Å²) in [6.45, 7) is 2.29. The molecule has 3 aromatic rings. The molecule has 0 saturated carbocycles. The van der Waals surface area contributed by atoms with Crippen LogP contribution in [0.3, 0.4) is 0 Å². The lowest BCUT2D eigenvalue weighted by atomic mass is 10.1. The van der Waals surface area contributed by atoms with Crippen LogP contribution in [0.4, 0.5) is 0 Å². The minimum atomic E-state index is -1.06. The highest BCUT2D eigenvalue weighted by atomic mass is 16.5. The van der Waals surface area contributed by atoms with Crippen molar-refractivity contribution in [1.29, 1.82) is 0 Å². The van der Waals surface area contributed by atoms with Gasteiger partial charge in [-0.15, -0.1) is 0 Å². The molecule has 0 bridgehead atoms. The van der Waals surface area contributed by atoms with Gasteiger partial charge in [-0.05, 0) is 30.7 Å². The van der Waals surface area contributed by atoms with Gasteiger partial charge >= 0.3 is 5.97 Å². The number of carbonyl (C=O) groups is 1. The Morgan fingerprint density at radius 3 is 2.76 bits per heavy atom. The summed E-state index contributed by atoms with van der Waals surface area (Å²) in [7, 11) is 0. The zero-order valence-corrected chi connectivity index (χ0v) is 13.7. The molecule has 1 heterocycles. The van der Waals surface area contributed by atoms with E-state index < -0.39 is 5.97 Å². The molecule has 1 unspecified atom stereocenters. The first kappa shape index (κ1) is 16.6. The van der Waals surface area contributed by atoms with Gasteiger partial charge in [-0.2, -0.15) is 0 Å². The predicted molar refractivity (Wildman–Crippen MR) is 93.3 cm³/mol. The van der Waals surface area contributed by atoms with Crippen LogP contribution in [0.1, 0.15) is 24.2 Å². The van der Waals surface area contributed by atoms with Crippen molar-refractivity contribution in [2.75, 3.05) is 0 Å². The van der Waals surface area contributed by atoms with E-state index in [0.717, 1.165) is 28.3 Å². The first-order valence-electron chi connectivity index (χ1n) is 7.87. The Morgan fingerprint density at radius 2 is 2.00 bits per heavy atom. The molecule has 5 nitrogen and oxygen atoms in total. The van der Waals surface area contributed by atoms with Crippen molar-refractivity contribution in [3.05, 3.63) is 78.3 Å². The highest BCUT2D eigenvalue weighted by Gasteiger charge is 2.15. The van der Waals surface area contributed by atoms with Gasteiger partial charge < -0.3 is 19.0 Å². The lowest BCUT2D eigenvalue weighted by Crippen LogP contribution is -1.99. The van der Waals surface area contributed by atoms with Crippen LogP contribution >= 0.6 is 0 Å². The molecular formula is C20H18O5. The zero-order chi connectivity index (χ0) is 17.6. The van der Waals surface area contributed by atoms with E-state index in [0.29, 0.717) is 12.2 Å². The number of furan rings is 1. The van der Waals surface area contributed by atoms with Gasteiger partial charge in [0.15, 0.2) is 0 Å². The highest BCUT2D eigenvalue weighted by Crippen LogP contribution is 2.34. The van der Waals surface area contributed by atoms with Crippen LogP contribution in [0.25, 0.3) is 11.0 Å². The van der Waals surface area contributed by atoms with Crippen molar-refractivity contribution in [2.45, 2.75) is 19.6 Å². The fourth-order valence-electron chi connectivity index (χ4n) is 2.53. The molecule has 1 atom stereocenters. The van der Waals surface area contributed by atoms with Gasteiger partial charge in [0.25, 0.3) is 0 Å². The highest BCUT2D eigenvalue weighted by molar-refractivity contribution is 5.87. The molecule has 0 spiro atoms. The summed E-state index contributed by atoms with van der Waals surface area (Å²) < 4.78 is 16.9. The number of carboxylic acids is 1. The van der Waals surface area contributed by atoms with Crippen LogP contribution in [0.2, 0.25) is 0 Å². The Morgan fingerprint density at radius 1 is 1.20 bits per heavy atom. The Kier molecular flexibility index (Phi) is 5.04. The SMILES string of the molecule is CC(O/C=C/C(=O)O)c1ccc(OCc2ccccc2)c2ccoc12. The number of hydrogen-bond acceptors (Lipinski definition) is 4. The summed E-state index contributed by atoms with van der Waals surface area (Å²) in [4.78, 5) is 10.5. The molecular weight excluding hydrogens is 320 g/mol. The van der Waals surface area contributed by atoms with Crippen molar-refractivity contribution in [1.82, 2.24) is 0 Å². The van der Waals surface area contributed by atoms with Gasteiger partial charge in [0.2, 0.25) is 0 Å². The number of aliphatic carboxylic acids is 1. The fourth-order valence-corrected chi connectivity index (χ4v) is 2.53. The number of ether oxygens (including phenoxy) is 2. The Balaban J connectivity index is 1.79. The maximum atomic E-state index is 10.5. The minimum absolute atomic E-state index is 0.354. The first-order valence-corrected chi connectivity index (χ1v) is 7.87. The van der Waals surface area contributed by atoms with Crippen LogP contribution < -0.4 is 4.74 Å². The first-order chi connectivity index (χ1) is 12.1. The molecule has 0 aliphatic heterocycles. The maximum Gasteiger partial charge on any atom is 0.331 e. The van der Waals surface area contributed by atoms with E-state index >= 15 is 0 Å². The summed E-state index contributed by atoms with van der Waals surface area (Å²) in [5.74, 6) is -0.329. The second-order valence-electron chi connectivity index (χ2n) is 5.51. The number of fused-ring (bicyclic) bond motifs is 1. The minimum Gasteiger partial charge on any atom is -0.493 e. The molecule has 5 heteroatoms. The van der Waals surface area contributed by atoms with Gasteiger partial charge in [0, 0.05) is 5.56 Å². The van der Waals surface area contributed by atoms with Crippen LogP contribution in [0.15, 0.2) is 71.5 Å². The van der Waals surface area contributed by atoms with E-state index in [1.54, 1.807) is 6.26 Å². The van der Waals surface area contributed by atoms with Crippen molar-refractivity contribution in [2.24, 2.45) is 0 Å². The van der Waals surface area contributed by atoms with Gasteiger partial charge in [0.05, 0.1) is 24.0 Å². The Bertz CT molecular complexity index is 879. The summed E-state index contributed by atoms with van der Waals surface area (Å²) >= 11 is 0. The third kappa shape index (κ3) is 4.01. The number of carboxylic acid groups (broad SMARTS) is 1. The normalized spacial score (nSPS) is 12.4. The Hall–Kier alpha value is -3.21. The average molecular weight is 338 g/mol. The molecule has 0 aliphatic carbocycles. The number of rotatable bonds is 7. The number of hydrogen-bond donors (Lipinski definition) is 1. The van der Waals surface area contributed by atoms with Crippen molar-refractivity contribution < 1.29 is 23.8 Å². The van der Waals surface area contributed by atoms with Crippen LogP contribution in [0, 0.1) is 0 Å². The molecule has 2 aromatic carbocycles. The maximum absolute atomic E-state index is 10.5.